The van der Waals surface area contributed by atoms with Crippen LogP contribution in [-0.2, 0) is 11.3 Å². The molecule has 0 bridgehead atoms. The molecule has 2 aliphatic rings. The van der Waals surface area contributed by atoms with Crippen molar-refractivity contribution in [1.29, 1.82) is 0 Å². The molecule has 7 nitrogen and oxygen atoms in total. The molecular formula is C24H40N4O3. The van der Waals surface area contributed by atoms with Crippen LogP contribution in [0.1, 0.15) is 51.0 Å². The summed E-state index contributed by atoms with van der Waals surface area (Å²) in [5, 5.41) is 7.03. The molecule has 1 saturated heterocycles. The smallest absolute Gasteiger partial charge is 0.191 e. The van der Waals surface area contributed by atoms with E-state index < -0.39 is 0 Å². The molecule has 2 N–H and O–H groups in total. The Labute approximate surface area is 187 Å². The molecule has 31 heavy (non-hydrogen) atoms. The van der Waals surface area contributed by atoms with Crippen molar-refractivity contribution in [2.75, 3.05) is 47.0 Å². The Hall–Kier alpha value is -1.99. The predicted octanol–water partition coefficient (Wildman–Crippen LogP) is 3.18. The molecule has 0 amide bonds. The molecule has 2 fully saturated rings. The number of likely N-dealkylation sites (tertiary alicyclic amines) is 1. The first-order valence-electron chi connectivity index (χ1n) is 11.8. The van der Waals surface area contributed by atoms with Gasteiger partial charge in [-0.3, -0.25) is 0 Å². The number of rotatable bonds is 10. The molecule has 1 aliphatic carbocycles. The summed E-state index contributed by atoms with van der Waals surface area (Å²) in [6.45, 7) is 7.53. The number of piperidine rings is 1. The minimum atomic E-state index is 0.310. The van der Waals surface area contributed by atoms with Crippen molar-refractivity contribution in [2.45, 2.75) is 64.1 Å². The van der Waals surface area contributed by atoms with E-state index in [1.165, 1.54) is 12.8 Å². The van der Waals surface area contributed by atoms with Gasteiger partial charge in [0.05, 0.1) is 26.4 Å². The molecule has 0 radical (unpaired) electrons. The SMILES string of the molecule is CCNC(=NCc1ccc(OC)cc1OC1CCCC1)NC1CCN(CCOC)CC1. The van der Waals surface area contributed by atoms with Crippen molar-refractivity contribution in [3.63, 3.8) is 0 Å². The van der Waals surface area contributed by atoms with Gasteiger partial charge in [-0.05, 0) is 57.6 Å². The molecule has 0 unspecified atom stereocenters. The fourth-order valence-electron chi connectivity index (χ4n) is 4.29. The first kappa shape index (κ1) is 23.7. The average molecular weight is 433 g/mol. The quantitative estimate of drug-likeness (QED) is 0.437. The molecule has 1 saturated carbocycles. The lowest BCUT2D eigenvalue weighted by Gasteiger charge is -2.32. The van der Waals surface area contributed by atoms with Crippen LogP contribution < -0.4 is 20.1 Å². The van der Waals surface area contributed by atoms with Gasteiger partial charge in [0, 0.05) is 51.0 Å². The lowest BCUT2D eigenvalue weighted by molar-refractivity contribution is 0.128. The molecule has 1 aromatic carbocycles. The number of methoxy groups -OCH3 is 2. The summed E-state index contributed by atoms with van der Waals surface area (Å²) in [4.78, 5) is 7.35. The van der Waals surface area contributed by atoms with Crippen LogP contribution in [0.2, 0.25) is 0 Å². The third-order valence-electron chi connectivity index (χ3n) is 6.16. The Balaban J connectivity index is 1.60. The van der Waals surface area contributed by atoms with Gasteiger partial charge in [0.2, 0.25) is 0 Å². The van der Waals surface area contributed by atoms with Gasteiger partial charge in [0.15, 0.2) is 5.96 Å². The van der Waals surface area contributed by atoms with E-state index >= 15 is 0 Å². The second-order valence-electron chi connectivity index (χ2n) is 8.45. The second-order valence-corrected chi connectivity index (χ2v) is 8.45. The van der Waals surface area contributed by atoms with E-state index in [-0.39, 0.29) is 0 Å². The zero-order valence-electron chi connectivity index (χ0n) is 19.5. The lowest BCUT2D eigenvalue weighted by Crippen LogP contribution is -2.49. The Morgan fingerprint density at radius 3 is 2.58 bits per heavy atom. The standard InChI is InChI=1S/C24H40N4O3/c1-4-25-24(27-20-11-13-28(14-12-20)15-16-29-2)26-18-19-9-10-22(30-3)17-23(19)31-21-7-5-6-8-21/h9-10,17,20-21H,4-8,11-16,18H2,1-3H3,(H2,25,26,27). The van der Waals surface area contributed by atoms with Gasteiger partial charge in [-0.15, -0.1) is 0 Å². The maximum Gasteiger partial charge on any atom is 0.191 e. The van der Waals surface area contributed by atoms with Crippen molar-refractivity contribution in [3.8, 4) is 11.5 Å². The van der Waals surface area contributed by atoms with Crippen LogP contribution in [0.25, 0.3) is 0 Å². The van der Waals surface area contributed by atoms with Gasteiger partial charge in [-0.2, -0.15) is 0 Å². The van der Waals surface area contributed by atoms with Gasteiger partial charge < -0.3 is 29.7 Å². The maximum atomic E-state index is 6.33. The molecule has 1 heterocycles. The Bertz CT molecular complexity index is 683. The number of hydrogen-bond donors (Lipinski definition) is 2. The van der Waals surface area contributed by atoms with Gasteiger partial charge in [-0.1, -0.05) is 0 Å². The third-order valence-corrected chi connectivity index (χ3v) is 6.16. The summed E-state index contributed by atoms with van der Waals surface area (Å²) in [6, 6.07) is 6.51. The molecule has 1 aliphatic heterocycles. The number of nitrogens with zero attached hydrogens (tertiary/aromatic N) is 2. The van der Waals surface area contributed by atoms with Crippen molar-refractivity contribution in [1.82, 2.24) is 15.5 Å². The van der Waals surface area contributed by atoms with Gasteiger partial charge in [0.1, 0.15) is 11.5 Å². The number of aliphatic imine (C=N–C) groups is 1. The van der Waals surface area contributed by atoms with Crippen LogP contribution in [0.3, 0.4) is 0 Å². The topological polar surface area (TPSA) is 67.4 Å². The summed E-state index contributed by atoms with van der Waals surface area (Å²) in [7, 11) is 3.46. The number of benzene rings is 1. The zero-order valence-corrected chi connectivity index (χ0v) is 19.5. The Kier molecular flexibility index (Phi) is 9.75. The number of nitrogens with one attached hydrogen (secondary N) is 2. The van der Waals surface area contributed by atoms with E-state index in [0.717, 1.165) is 81.5 Å². The van der Waals surface area contributed by atoms with Crippen molar-refractivity contribution >= 4 is 5.96 Å². The molecule has 3 rings (SSSR count). The van der Waals surface area contributed by atoms with Crippen LogP contribution in [-0.4, -0.2) is 70.0 Å². The normalized spacial score (nSPS) is 18.9. The third kappa shape index (κ3) is 7.58. The highest BCUT2D eigenvalue weighted by Crippen LogP contribution is 2.30. The molecular weight excluding hydrogens is 392 g/mol. The lowest BCUT2D eigenvalue weighted by atomic mass is 10.1. The van der Waals surface area contributed by atoms with Crippen molar-refractivity contribution < 1.29 is 14.2 Å². The van der Waals surface area contributed by atoms with Crippen LogP contribution in [0, 0.1) is 0 Å². The molecule has 0 atom stereocenters. The van der Waals surface area contributed by atoms with Crippen molar-refractivity contribution in [3.05, 3.63) is 23.8 Å². The Morgan fingerprint density at radius 2 is 1.90 bits per heavy atom. The summed E-state index contributed by atoms with van der Waals surface area (Å²) in [5.41, 5.74) is 1.10. The number of hydrogen-bond acceptors (Lipinski definition) is 5. The highest BCUT2D eigenvalue weighted by molar-refractivity contribution is 5.80. The highest BCUT2D eigenvalue weighted by Gasteiger charge is 2.20. The number of guanidine groups is 1. The number of ether oxygens (including phenoxy) is 3. The van der Waals surface area contributed by atoms with E-state index in [9.17, 15) is 0 Å². The molecule has 1 aromatic rings. The molecule has 7 heteroatoms. The summed E-state index contributed by atoms with van der Waals surface area (Å²) in [5.74, 6) is 2.60. The van der Waals surface area contributed by atoms with Gasteiger partial charge in [-0.25, -0.2) is 4.99 Å². The van der Waals surface area contributed by atoms with E-state index in [1.54, 1.807) is 14.2 Å². The highest BCUT2D eigenvalue weighted by atomic mass is 16.5. The maximum absolute atomic E-state index is 6.33. The van der Waals surface area contributed by atoms with E-state index in [2.05, 4.69) is 28.5 Å². The Morgan fingerprint density at radius 1 is 1.13 bits per heavy atom. The fraction of sp³-hybridized carbons (Fsp3) is 0.708. The van der Waals surface area contributed by atoms with Crippen LogP contribution in [0.15, 0.2) is 23.2 Å². The van der Waals surface area contributed by atoms with E-state index in [1.807, 2.05) is 12.1 Å². The largest absolute Gasteiger partial charge is 0.497 e. The van der Waals surface area contributed by atoms with E-state index in [0.29, 0.717) is 18.7 Å². The van der Waals surface area contributed by atoms with Gasteiger partial charge in [0.25, 0.3) is 0 Å². The van der Waals surface area contributed by atoms with Crippen LogP contribution >= 0.6 is 0 Å². The molecule has 0 spiro atoms. The minimum absolute atomic E-state index is 0.310. The molecule has 174 valence electrons. The minimum Gasteiger partial charge on any atom is -0.497 e. The average Bonchev–Trinajstić information content (AvgIpc) is 3.31. The summed E-state index contributed by atoms with van der Waals surface area (Å²) >= 11 is 0. The summed E-state index contributed by atoms with van der Waals surface area (Å²) in [6.07, 6.45) is 7.31. The first-order valence-corrected chi connectivity index (χ1v) is 11.8. The monoisotopic (exact) mass is 432 g/mol. The van der Waals surface area contributed by atoms with Crippen LogP contribution in [0.5, 0.6) is 11.5 Å². The summed E-state index contributed by atoms with van der Waals surface area (Å²) < 4.78 is 17.0. The van der Waals surface area contributed by atoms with Crippen LogP contribution in [0.4, 0.5) is 0 Å². The van der Waals surface area contributed by atoms with Gasteiger partial charge >= 0.3 is 0 Å². The zero-order chi connectivity index (χ0) is 21.9. The second kappa shape index (κ2) is 12.8. The van der Waals surface area contributed by atoms with Crippen molar-refractivity contribution in [2.24, 2.45) is 4.99 Å². The fourth-order valence-corrected chi connectivity index (χ4v) is 4.29. The van der Waals surface area contributed by atoms with E-state index in [4.69, 9.17) is 19.2 Å². The first-order chi connectivity index (χ1) is 15.2. The predicted molar refractivity (Wildman–Crippen MR) is 125 cm³/mol. The molecule has 0 aromatic heterocycles.